The smallest absolute Gasteiger partial charge is 0.104 e. The predicted octanol–water partition coefficient (Wildman–Crippen LogP) is 4.17. The van der Waals surface area contributed by atoms with Crippen LogP contribution in [0.15, 0.2) is 36.4 Å². The number of rotatable bonds is 4. The lowest BCUT2D eigenvalue weighted by atomic mass is 10.0. The van der Waals surface area contributed by atoms with Gasteiger partial charge in [-0.1, -0.05) is 42.9 Å². The van der Waals surface area contributed by atoms with E-state index in [-0.39, 0.29) is 0 Å². The van der Waals surface area contributed by atoms with E-state index in [9.17, 15) is 0 Å². The van der Waals surface area contributed by atoms with E-state index in [0.29, 0.717) is 16.3 Å². The largest absolute Gasteiger partial charge is 0.389 e. The SMILES string of the molecule is CSC1CCCC1Nc1ccc(C(N)=S)c2ccccc12. The molecule has 1 aliphatic carbocycles. The summed E-state index contributed by atoms with van der Waals surface area (Å²) in [5.41, 5.74) is 7.99. The predicted molar refractivity (Wildman–Crippen MR) is 98.4 cm³/mol. The van der Waals surface area contributed by atoms with Crippen molar-refractivity contribution in [2.45, 2.75) is 30.6 Å². The van der Waals surface area contributed by atoms with Crippen LogP contribution in [-0.4, -0.2) is 22.5 Å². The second-order valence-electron chi connectivity index (χ2n) is 5.53. The van der Waals surface area contributed by atoms with Gasteiger partial charge in [0.1, 0.15) is 4.99 Å². The molecule has 2 atom stereocenters. The van der Waals surface area contributed by atoms with Gasteiger partial charge in [0.05, 0.1) is 0 Å². The maximum Gasteiger partial charge on any atom is 0.104 e. The van der Waals surface area contributed by atoms with Crippen LogP contribution in [0.1, 0.15) is 24.8 Å². The van der Waals surface area contributed by atoms with E-state index in [2.05, 4.69) is 35.8 Å². The highest BCUT2D eigenvalue weighted by molar-refractivity contribution is 7.99. The van der Waals surface area contributed by atoms with E-state index >= 15 is 0 Å². The Morgan fingerprint density at radius 2 is 1.95 bits per heavy atom. The van der Waals surface area contributed by atoms with Crippen molar-refractivity contribution in [3.63, 3.8) is 0 Å². The van der Waals surface area contributed by atoms with Crippen LogP contribution in [0, 0.1) is 0 Å². The van der Waals surface area contributed by atoms with E-state index in [0.717, 1.165) is 10.9 Å². The fourth-order valence-electron chi connectivity index (χ4n) is 3.21. The van der Waals surface area contributed by atoms with Crippen molar-refractivity contribution in [2.24, 2.45) is 5.73 Å². The summed E-state index contributed by atoms with van der Waals surface area (Å²) < 4.78 is 0. The van der Waals surface area contributed by atoms with Crippen LogP contribution in [0.5, 0.6) is 0 Å². The number of nitrogens with one attached hydrogen (secondary N) is 1. The van der Waals surface area contributed by atoms with Crippen molar-refractivity contribution in [1.82, 2.24) is 0 Å². The summed E-state index contributed by atoms with van der Waals surface area (Å²) in [6.45, 7) is 0. The minimum atomic E-state index is 0.459. The Morgan fingerprint density at radius 3 is 2.67 bits per heavy atom. The molecule has 0 spiro atoms. The number of thioether (sulfide) groups is 1. The highest BCUT2D eigenvalue weighted by Gasteiger charge is 2.26. The zero-order chi connectivity index (χ0) is 14.8. The second kappa shape index (κ2) is 6.24. The Kier molecular flexibility index (Phi) is 4.36. The van der Waals surface area contributed by atoms with Crippen LogP contribution >= 0.6 is 24.0 Å². The number of hydrogen-bond donors (Lipinski definition) is 2. The van der Waals surface area contributed by atoms with Crippen LogP contribution in [0.2, 0.25) is 0 Å². The van der Waals surface area contributed by atoms with E-state index < -0.39 is 0 Å². The summed E-state index contributed by atoms with van der Waals surface area (Å²) >= 11 is 7.14. The molecular formula is C17H20N2S2. The number of anilines is 1. The molecule has 0 amide bonds. The normalized spacial score (nSPS) is 21.6. The molecule has 0 bridgehead atoms. The van der Waals surface area contributed by atoms with E-state index in [1.54, 1.807) is 0 Å². The van der Waals surface area contributed by atoms with Gasteiger partial charge in [-0.3, -0.25) is 0 Å². The average Bonchev–Trinajstić information content (AvgIpc) is 2.94. The van der Waals surface area contributed by atoms with Gasteiger partial charge in [0.15, 0.2) is 0 Å². The highest BCUT2D eigenvalue weighted by atomic mass is 32.2. The van der Waals surface area contributed by atoms with Gasteiger partial charge in [-0.2, -0.15) is 11.8 Å². The van der Waals surface area contributed by atoms with Crippen molar-refractivity contribution in [3.8, 4) is 0 Å². The van der Waals surface area contributed by atoms with Crippen LogP contribution in [-0.2, 0) is 0 Å². The average molecular weight is 316 g/mol. The van der Waals surface area contributed by atoms with Crippen LogP contribution in [0.3, 0.4) is 0 Å². The number of fused-ring (bicyclic) bond motifs is 1. The zero-order valence-corrected chi connectivity index (χ0v) is 13.8. The number of hydrogen-bond acceptors (Lipinski definition) is 3. The van der Waals surface area contributed by atoms with E-state index in [1.165, 1.54) is 30.3 Å². The first-order valence-electron chi connectivity index (χ1n) is 7.31. The molecule has 21 heavy (non-hydrogen) atoms. The lowest BCUT2D eigenvalue weighted by molar-refractivity contribution is 0.770. The Balaban J connectivity index is 2.00. The van der Waals surface area contributed by atoms with Crippen molar-refractivity contribution in [2.75, 3.05) is 11.6 Å². The molecule has 1 saturated carbocycles. The summed E-state index contributed by atoms with van der Waals surface area (Å²) in [5, 5.41) is 6.79. The molecule has 3 rings (SSSR count). The highest BCUT2D eigenvalue weighted by Crippen LogP contribution is 2.33. The van der Waals surface area contributed by atoms with Crippen molar-refractivity contribution in [3.05, 3.63) is 42.0 Å². The standard InChI is InChI=1S/C17H20N2S2/c1-21-16-8-4-7-15(16)19-14-10-9-13(17(18)20)11-5-2-3-6-12(11)14/h2-3,5-6,9-10,15-16,19H,4,7-8H2,1H3,(H2,18,20). The summed E-state index contributed by atoms with van der Waals surface area (Å²) in [6.07, 6.45) is 6.07. The van der Waals surface area contributed by atoms with Crippen molar-refractivity contribution < 1.29 is 0 Å². The molecule has 4 heteroatoms. The molecular weight excluding hydrogens is 296 g/mol. The van der Waals surface area contributed by atoms with Gasteiger partial charge in [-0.05, 0) is 36.6 Å². The van der Waals surface area contributed by atoms with Gasteiger partial charge in [-0.25, -0.2) is 0 Å². The van der Waals surface area contributed by atoms with Crippen molar-refractivity contribution in [1.29, 1.82) is 0 Å². The fraction of sp³-hybridized carbons (Fsp3) is 0.353. The van der Waals surface area contributed by atoms with Crippen LogP contribution in [0.4, 0.5) is 5.69 Å². The molecule has 2 aromatic carbocycles. The van der Waals surface area contributed by atoms with Gasteiger partial charge in [0.2, 0.25) is 0 Å². The Bertz CT molecular complexity index is 669. The monoisotopic (exact) mass is 316 g/mol. The molecule has 0 aliphatic heterocycles. The molecule has 0 heterocycles. The van der Waals surface area contributed by atoms with Crippen LogP contribution < -0.4 is 11.1 Å². The molecule has 1 aliphatic rings. The third-order valence-corrected chi connectivity index (χ3v) is 5.68. The number of nitrogens with two attached hydrogens (primary N) is 1. The lowest BCUT2D eigenvalue weighted by Gasteiger charge is -2.22. The molecule has 2 nitrogen and oxygen atoms in total. The molecule has 0 aromatic heterocycles. The summed E-state index contributed by atoms with van der Waals surface area (Å²) in [7, 11) is 0. The topological polar surface area (TPSA) is 38.0 Å². The Labute approximate surface area is 135 Å². The van der Waals surface area contributed by atoms with Crippen molar-refractivity contribution >= 4 is 45.4 Å². The quantitative estimate of drug-likeness (QED) is 0.830. The molecule has 0 radical (unpaired) electrons. The minimum Gasteiger partial charge on any atom is -0.389 e. The first kappa shape index (κ1) is 14.7. The number of benzene rings is 2. The first-order valence-corrected chi connectivity index (χ1v) is 9.01. The van der Waals surface area contributed by atoms with Gasteiger partial charge in [0.25, 0.3) is 0 Å². The minimum absolute atomic E-state index is 0.459. The van der Waals surface area contributed by atoms with Gasteiger partial charge in [0, 0.05) is 27.9 Å². The Hall–Kier alpha value is -1.26. The van der Waals surface area contributed by atoms with E-state index in [1.807, 2.05) is 23.9 Å². The lowest BCUT2D eigenvalue weighted by Crippen LogP contribution is -2.25. The molecule has 2 unspecified atom stereocenters. The van der Waals surface area contributed by atoms with Gasteiger partial charge >= 0.3 is 0 Å². The van der Waals surface area contributed by atoms with Gasteiger partial charge in [-0.15, -0.1) is 0 Å². The summed E-state index contributed by atoms with van der Waals surface area (Å²) in [5.74, 6) is 0. The second-order valence-corrected chi connectivity index (χ2v) is 7.04. The van der Waals surface area contributed by atoms with E-state index in [4.69, 9.17) is 18.0 Å². The third kappa shape index (κ3) is 2.87. The first-order chi connectivity index (χ1) is 10.2. The molecule has 0 saturated heterocycles. The summed E-state index contributed by atoms with van der Waals surface area (Å²) in [6, 6.07) is 13.0. The molecule has 3 N–H and O–H groups in total. The maximum absolute atomic E-state index is 5.84. The molecule has 110 valence electrons. The van der Waals surface area contributed by atoms with Gasteiger partial charge < -0.3 is 11.1 Å². The summed E-state index contributed by atoms with van der Waals surface area (Å²) in [4.78, 5) is 0.459. The number of thiocarbonyl (C=S) groups is 1. The maximum atomic E-state index is 5.84. The fourth-order valence-corrected chi connectivity index (χ4v) is 4.33. The third-order valence-electron chi connectivity index (χ3n) is 4.29. The molecule has 2 aromatic rings. The Morgan fingerprint density at radius 1 is 1.19 bits per heavy atom. The van der Waals surface area contributed by atoms with Crippen LogP contribution in [0.25, 0.3) is 10.8 Å². The molecule has 1 fully saturated rings. The zero-order valence-electron chi connectivity index (χ0n) is 12.1.